The van der Waals surface area contributed by atoms with Crippen LogP contribution in [-0.4, -0.2) is 33.0 Å². The van der Waals surface area contributed by atoms with Crippen LogP contribution < -0.4 is 15.0 Å². The summed E-state index contributed by atoms with van der Waals surface area (Å²) < 4.78 is 15.1. The van der Waals surface area contributed by atoms with Crippen molar-refractivity contribution in [3.05, 3.63) is 23.8 Å². The third kappa shape index (κ3) is 2.86. The summed E-state index contributed by atoms with van der Waals surface area (Å²) in [6.07, 6.45) is 0. The Hall–Kier alpha value is -1.79. The van der Waals surface area contributed by atoms with Gasteiger partial charge in [0.05, 0.1) is 13.2 Å². The highest BCUT2D eigenvalue weighted by Crippen LogP contribution is 2.32. The van der Waals surface area contributed by atoms with Crippen LogP contribution >= 0.6 is 0 Å². The molecule has 2 rings (SSSR count). The number of rotatable bonds is 5. The van der Waals surface area contributed by atoms with Gasteiger partial charge in [0.15, 0.2) is 11.5 Å². The van der Waals surface area contributed by atoms with E-state index in [9.17, 15) is 4.79 Å². The molecule has 17 heavy (non-hydrogen) atoms. The van der Waals surface area contributed by atoms with E-state index in [4.69, 9.17) is 19.0 Å². The Kier molecular flexibility index (Phi) is 3.79. The molecule has 1 aliphatic rings. The quantitative estimate of drug-likeness (QED) is 0.606. The molecule has 1 heterocycles. The molecule has 0 saturated carbocycles. The van der Waals surface area contributed by atoms with Gasteiger partial charge in [0.2, 0.25) is 6.79 Å². The number of nitrogens with one attached hydrogen (secondary N) is 1. The van der Waals surface area contributed by atoms with Crippen LogP contribution in [0.1, 0.15) is 10.4 Å². The van der Waals surface area contributed by atoms with Gasteiger partial charge in [-0.05, 0) is 18.2 Å². The normalized spacial score (nSPS) is 12.5. The van der Waals surface area contributed by atoms with Gasteiger partial charge >= 0.3 is 0 Å². The molecule has 1 aromatic carbocycles. The summed E-state index contributed by atoms with van der Waals surface area (Å²) in [5.41, 5.74) is 2.76. The van der Waals surface area contributed by atoms with Crippen LogP contribution in [0.3, 0.4) is 0 Å². The van der Waals surface area contributed by atoms with Crippen molar-refractivity contribution in [1.29, 1.82) is 0 Å². The van der Waals surface area contributed by atoms with Crippen molar-refractivity contribution in [1.82, 2.24) is 5.48 Å². The fraction of sp³-hybridized carbons (Fsp3) is 0.364. The number of carbonyl (C=O) groups excluding carboxylic acids is 1. The van der Waals surface area contributed by atoms with Crippen molar-refractivity contribution in [2.45, 2.75) is 0 Å². The second-order valence-corrected chi connectivity index (χ2v) is 3.34. The lowest BCUT2D eigenvalue weighted by Gasteiger charge is -2.05. The molecule has 1 aromatic rings. The number of carbonyl (C=O) groups is 1. The predicted molar refractivity (Wildman–Crippen MR) is 57.9 cm³/mol. The number of ether oxygens (including phenoxy) is 3. The average Bonchev–Trinajstić information content (AvgIpc) is 2.81. The van der Waals surface area contributed by atoms with E-state index in [0.29, 0.717) is 30.3 Å². The minimum absolute atomic E-state index is 0.185. The number of fused-ring (bicyclic) bond motifs is 1. The largest absolute Gasteiger partial charge is 0.454 e. The number of methoxy groups -OCH3 is 1. The summed E-state index contributed by atoms with van der Waals surface area (Å²) in [4.78, 5) is 16.5. The monoisotopic (exact) mass is 239 g/mol. The lowest BCUT2D eigenvalue weighted by atomic mass is 10.2. The van der Waals surface area contributed by atoms with E-state index in [2.05, 4.69) is 5.48 Å². The first kappa shape index (κ1) is 11.7. The molecule has 1 aliphatic heterocycles. The second kappa shape index (κ2) is 5.51. The average molecular weight is 239 g/mol. The fourth-order valence-electron chi connectivity index (χ4n) is 1.34. The van der Waals surface area contributed by atoms with Gasteiger partial charge in [0.25, 0.3) is 5.91 Å². The molecule has 6 nitrogen and oxygen atoms in total. The lowest BCUT2D eigenvalue weighted by molar-refractivity contribution is 0.00887. The molecule has 6 heteroatoms. The zero-order valence-corrected chi connectivity index (χ0v) is 9.39. The van der Waals surface area contributed by atoms with Crippen LogP contribution in [0.2, 0.25) is 0 Å². The maximum absolute atomic E-state index is 11.6. The number of hydrogen-bond donors (Lipinski definition) is 1. The lowest BCUT2D eigenvalue weighted by Crippen LogP contribution is -2.25. The topological polar surface area (TPSA) is 66.0 Å². The first-order chi connectivity index (χ1) is 8.31. The van der Waals surface area contributed by atoms with E-state index < -0.39 is 0 Å². The summed E-state index contributed by atoms with van der Waals surface area (Å²) in [7, 11) is 1.56. The summed E-state index contributed by atoms with van der Waals surface area (Å²) in [6.45, 7) is 0.902. The number of hydroxylamine groups is 1. The Bertz CT molecular complexity index is 407. The molecule has 1 N–H and O–H groups in total. The van der Waals surface area contributed by atoms with E-state index in [-0.39, 0.29) is 12.7 Å². The highest BCUT2D eigenvalue weighted by Gasteiger charge is 2.16. The maximum Gasteiger partial charge on any atom is 0.274 e. The van der Waals surface area contributed by atoms with Crippen molar-refractivity contribution in [2.24, 2.45) is 0 Å². The van der Waals surface area contributed by atoms with Crippen molar-refractivity contribution < 1.29 is 23.8 Å². The predicted octanol–water partition coefficient (Wildman–Crippen LogP) is 0.723. The molecule has 0 unspecified atom stereocenters. The van der Waals surface area contributed by atoms with E-state index in [1.54, 1.807) is 25.3 Å². The van der Waals surface area contributed by atoms with Crippen molar-refractivity contribution in [3.63, 3.8) is 0 Å². The Morgan fingerprint density at radius 2 is 2.18 bits per heavy atom. The fourth-order valence-corrected chi connectivity index (χ4v) is 1.34. The zero-order valence-electron chi connectivity index (χ0n) is 9.39. The smallest absolute Gasteiger partial charge is 0.274 e. The van der Waals surface area contributed by atoms with Crippen molar-refractivity contribution in [2.75, 3.05) is 27.1 Å². The Morgan fingerprint density at radius 1 is 1.35 bits per heavy atom. The van der Waals surface area contributed by atoms with Gasteiger partial charge in [-0.1, -0.05) is 0 Å². The van der Waals surface area contributed by atoms with Crippen molar-refractivity contribution >= 4 is 5.91 Å². The molecule has 0 aromatic heterocycles. The highest BCUT2D eigenvalue weighted by molar-refractivity contribution is 5.94. The molecule has 0 spiro atoms. The SMILES string of the molecule is COCCONC(=O)c1ccc2c(c1)OCO2. The third-order valence-electron chi connectivity index (χ3n) is 2.19. The van der Waals surface area contributed by atoms with Gasteiger partial charge in [-0.15, -0.1) is 0 Å². The molecular formula is C11H13NO5. The molecule has 92 valence electrons. The Morgan fingerprint density at radius 3 is 3.00 bits per heavy atom. The Labute approximate surface area is 98.4 Å². The molecule has 0 bridgehead atoms. The first-order valence-corrected chi connectivity index (χ1v) is 5.12. The van der Waals surface area contributed by atoms with Gasteiger partial charge in [0, 0.05) is 12.7 Å². The number of amides is 1. The summed E-state index contributed by atoms with van der Waals surface area (Å²) in [5, 5.41) is 0. The molecule has 0 atom stereocenters. The molecule has 1 amide bonds. The van der Waals surface area contributed by atoms with E-state index in [1.165, 1.54) is 0 Å². The van der Waals surface area contributed by atoms with Crippen LogP contribution in [0, 0.1) is 0 Å². The molecule has 0 fully saturated rings. The van der Waals surface area contributed by atoms with Crippen LogP contribution in [0.15, 0.2) is 18.2 Å². The number of benzene rings is 1. The summed E-state index contributed by atoms with van der Waals surface area (Å²) in [5.74, 6) is 0.871. The van der Waals surface area contributed by atoms with Gasteiger partial charge in [-0.25, -0.2) is 5.48 Å². The van der Waals surface area contributed by atoms with Crippen LogP contribution in [0.4, 0.5) is 0 Å². The highest BCUT2D eigenvalue weighted by atomic mass is 16.7. The van der Waals surface area contributed by atoms with E-state index in [1.807, 2.05) is 0 Å². The molecular weight excluding hydrogens is 226 g/mol. The molecule has 0 radical (unpaired) electrons. The third-order valence-corrected chi connectivity index (χ3v) is 2.19. The zero-order chi connectivity index (χ0) is 12.1. The van der Waals surface area contributed by atoms with Crippen molar-refractivity contribution in [3.8, 4) is 11.5 Å². The first-order valence-electron chi connectivity index (χ1n) is 5.12. The van der Waals surface area contributed by atoms with Gasteiger partial charge in [-0.2, -0.15) is 0 Å². The minimum Gasteiger partial charge on any atom is -0.454 e. The minimum atomic E-state index is -0.334. The summed E-state index contributed by atoms with van der Waals surface area (Å²) >= 11 is 0. The summed E-state index contributed by atoms with van der Waals surface area (Å²) in [6, 6.07) is 4.94. The van der Waals surface area contributed by atoms with Crippen LogP contribution in [-0.2, 0) is 9.57 Å². The van der Waals surface area contributed by atoms with Crippen LogP contribution in [0.5, 0.6) is 11.5 Å². The second-order valence-electron chi connectivity index (χ2n) is 3.34. The maximum atomic E-state index is 11.6. The van der Waals surface area contributed by atoms with Gasteiger partial charge < -0.3 is 14.2 Å². The van der Waals surface area contributed by atoms with E-state index >= 15 is 0 Å². The van der Waals surface area contributed by atoms with Crippen LogP contribution in [0.25, 0.3) is 0 Å². The standard InChI is InChI=1S/C11H13NO5/c1-14-4-5-17-12-11(13)8-2-3-9-10(6-8)16-7-15-9/h2-3,6H,4-5,7H2,1H3,(H,12,13). The molecule has 0 saturated heterocycles. The van der Waals surface area contributed by atoms with Gasteiger partial charge in [0.1, 0.15) is 0 Å². The molecule has 0 aliphatic carbocycles. The van der Waals surface area contributed by atoms with E-state index in [0.717, 1.165) is 0 Å². The Balaban J connectivity index is 1.91. The van der Waals surface area contributed by atoms with Gasteiger partial charge in [-0.3, -0.25) is 9.63 Å². The number of hydrogen-bond acceptors (Lipinski definition) is 5.